The van der Waals surface area contributed by atoms with Gasteiger partial charge in [-0.2, -0.15) is 0 Å². The molecule has 18 heavy (non-hydrogen) atoms. The second-order valence-electron chi connectivity index (χ2n) is 4.85. The summed E-state index contributed by atoms with van der Waals surface area (Å²) >= 11 is 3.55. The Morgan fingerprint density at radius 3 is 2.17 bits per heavy atom. The highest BCUT2D eigenvalue weighted by Gasteiger charge is 2.12. The Balaban J connectivity index is 2.42. The summed E-state index contributed by atoms with van der Waals surface area (Å²) in [6.45, 7) is 6.28. The Labute approximate surface area is 117 Å². The fourth-order valence-corrected chi connectivity index (χ4v) is 2.55. The standard InChI is InChI=1S/C16H18BrN/c1-10-4-6-13(7-5-10)16(18)14-8-12(3)15(17)9-11(14)2/h4-9,16H,18H2,1-3H3. The lowest BCUT2D eigenvalue weighted by Crippen LogP contribution is -2.13. The Hall–Kier alpha value is -1.12. The van der Waals surface area contributed by atoms with Gasteiger partial charge in [-0.15, -0.1) is 0 Å². The average molecular weight is 304 g/mol. The van der Waals surface area contributed by atoms with E-state index in [0.29, 0.717) is 0 Å². The number of hydrogen-bond donors (Lipinski definition) is 1. The fraction of sp³-hybridized carbons (Fsp3) is 0.250. The maximum atomic E-state index is 6.37. The van der Waals surface area contributed by atoms with Crippen LogP contribution in [0.2, 0.25) is 0 Å². The van der Waals surface area contributed by atoms with E-state index in [2.05, 4.69) is 73.1 Å². The molecular weight excluding hydrogens is 286 g/mol. The van der Waals surface area contributed by atoms with E-state index in [0.717, 1.165) is 10.0 Å². The minimum atomic E-state index is -0.0580. The van der Waals surface area contributed by atoms with Gasteiger partial charge < -0.3 is 5.73 Å². The van der Waals surface area contributed by atoms with Crippen LogP contribution in [0, 0.1) is 20.8 Å². The van der Waals surface area contributed by atoms with Crippen molar-refractivity contribution in [2.45, 2.75) is 26.8 Å². The molecule has 2 rings (SSSR count). The summed E-state index contributed by atoms with van der Waals surface area (Å²) in [7, 11) is 0. The maximum Gasteiger partial charge on any atom is 0.0554 e. The van der Waals surface area contributed by atoms with E-state index in [1.54, 1.807) is 0 Å². The van der Waals surface area contributed by atoms with Crippen LogP contribution in [-0.4, -0.2) is 0 Å². The molecule has 0 amide bonds. The summed E-state index contributed by atoms with van der Waals surface area (Å²) in [4.78, 5) is 0. The van der Waals surface area contributed by atoms with E-state index in [1.807, 2.05) is 0 Å². The van der Waals surface area contributed by atoms with Gasteiger partial charge in [0.25, 0.3) is 0 Å². The van der Waals surface area contributed by atoms with Crippen LogP contribution in [0.25, 0.3) is 0 Å². The molecule has 94 valence electrons. The van der Waals surface area contributed by atoms with Gasteiger partial charge >= 0.3 is 0 Å². The predicted molar refractivity (Wildman–Crippen MR) is 80.8 cm³/mol. The third-order valence-corrected chi connectivity index (χ3v) is 4.17. The zero-order chi connectivity index (χ0) is 13.3. The molecule has 0 aliphatic rings. The molecule has 2 N–H and O–H groups in total. The Morgan fingerprint density at radius 2 is 1.56 bits per heavy atom. The van der Waals surface area contributed by atoms with Crippen LogP contribution in [0.5, 0.6) is 0 Å². The molecule has 2 aromatic carbocycles. The van der Waals surface area contributed by atoms with Crippen molar-refractivity contribution in [2.24, 2.45) is 5.73 Å². The topological polar surface area (TPSA) is 26.0 Å². The van der Waals surface area contributed by atoms with Crippen LogP contribution in [0.3, 0.4) is 0 Å². The largest absolute Gasteiger partial charge is 0.320 e. The molecule has 2 aromatic rings. The Bertz CT molecular complexity index is 558. The molecule has 1 unspecified atom stereocenters. The molecule has 1 atom stereocenters. The fourth-order valence-electron chi connectivity index (χ4n) is 2.09. The van der Waals surface area contributed by atoms with Crippen molar-refractivity contribution in [3.8, 4) is 0 Å². The highest BCUT2D eigenvalue weighted by atomic mass is 79.9. The third kappa shape index (κ3) is 2.65. The Morgan fingerprint density at radius 1 is 0.944 bits per heavy atom. The average Bonchev–Trinajstić information content (AvgIpc) is 2.34. The molecule has 0 fully saturated rings. The van der Waals surface area contributed by atoms with E-state index in [-0.39, 0.29) is 6.04 Å². The number of aryl methyl sites for hydroxylation is 3. The van der Waals surface area contributed by atoms with Crippen molar-refractivity contribution in [3.63, 3.8) is 0 Å². The second-order valence-corrected chi connectivity index (χ2v) is 5.70. The molecule has 0 radical (unpaired) electrons. The van der Waals surface area contributed by atoms with E-state index >= 15 is 0 Å². The van der Waals surface area contributed by atoms with E-state index in [1.165, 1.54) is 22.3 Å². The van der Waals surface area contributed by atoms with Crippen molar-refractivity contribution < 1.29 is 0 Å². The highest BCUT2D eigenvalue weighted by Crippen LogP contribution is 2.27. The zero-order valence-electron chi connectivity index (χ0n) is 11.0. The minimum Gasteiger partial charge on any atom is -0.320 e. The summed E-state index contributed by atoms with van der Waals surface area (Å²) in [5.41, 5.74) is 12.4. The van der Waals surface area contributed by atoms with Gasteiger partial charge in [-0.3, -0.25) is 0 Å². The van der Waals surface area contributed by atoms with Gasteiger partial charge in [-0.25, -0.2) is 0 Å². The van der Waals surface area contributed by atoms with Crippen molar-refractivity contribution in [3.05, 3.63) is 68.7 Å². The number of rotatable bonds is 2. The molecule has 2 heteroatoms. The van der Waals surface area contributed by atoms with E-state index < -0.39 is 0 Å². The molecule has 0 saturated heterocycles. The highest BCUT2D eigenvalue weighted by molar-refractivity contribution is 9.10. The maximum absolute atomic E-state index is 6.37. The van der Waals surface area contributed by atoms with Crippen LogP contribution in [0.1, 0.15) is 33.9 Å². The lowest BCUT2D eigenvalue weighted by Gasteiger charge is -2.17. The van der Waals surface area contributed by atoms with Crippen LogP contribution >= 0.6 is 15.9 Å². The van der Waals surface area contributed by atoms with Gasteiger partial charge in [-0.1, -0.05) is 51.8 Å². The summed E-state index contributed by atoms with van der Waals surface area (Å²) < 4.78 is 1.14. The molecule has 0 heterocycles. The van der Waals surface area contributed by atoms with Crippen LogP contribution in [0.15, 0.2) is 40.9 Å². The van der Waals surface area contributed by atoms with Crippen LogP contribution in [-0.2, 0) is 0 Å². The third-order valence-electron chi connectivity index (χ3n) is 3.32. The molecule has 0 aliphatic heterocycles. The monoisotopic (exact) mass is 303 g/mol. The van der Waals surface area contributed by atoms with Crippen LogP contribution in [0.4, 0.5) is 0 Å². The number of nitrogens with two attached hydrogens (primary N) is 1. The number of halogens is 1. The van der Waals surface area contributed by atoms with Gasteiger partial charge in [0.2, 0.25) is 0 Å². The first-order valence-electron chi connectivity index (χ1n) is 6.08. The Kier molecular flexibility index (Phi) is 3.88. The first-order valence-corrected chi connectivity index (χ1v) is 6.87. The van der Waals surface area contributed by atoms with E-state index in [4.69, 9.17) is 5.73 Å². The molecule has 0 aromatic heterocycles. The van der Waals surface area contributed by atoms with Crippen molar-refractivity contribution in [1.82, 2.24) is 0 Å². The quantitative estimate of drug-likeness (QED) is 0.873. The smallest absolute Gasteiger partial charge is 0.0554 e. The predicted octanol–water partition coefficient (Wildman–Crippen LogP) is 4.42. The van der Waals surface area contributed by atoms with E-state index in [9.17, 15) is 0 Å². The normalized spacial score (nSPS) is 12.5. The molecule has 0 spiro atoms. The lowest BCUT2D eigenvalue weighted by molar-refractivity contribution is 0.858. The number of hydrogen-bond acceptors (Lipinski definition) is 1. The van der Waals surface area contributed by atoms with Gasteiger partial charge in [0, 0.05) is 4.47 Å². The summed E-state index contributed by atoms with van der Waals surface area (Å²) in [5.74, 6) is 0. The first kappa shape index (κ1) is 13.3. The lowest BCUT2D eigenvalue weighted by atomic mass is 9.94. The minimum absolute atomic E-state index is 0.0580. The van der Waals surface area contributed by atoms with Gasteiger partial charge in [0.15, 0.2) is 0 Å². The van der Waals surface area contributed by atoms with Gasteiger partial charge in [0.05, 0.1) is 6.04 Å². The van der Waals surface area contributed by atoms with Crippen molar-refractivity contribution in [1.29, 1.82) is 0 Å². The zero-order valence-corrected chi connectivity index (χ0v) is 12.6. The molecular formula is C16H18BrN. The molecule has 0 bridgehead atoms. The second kappa shape index (κ2) is 5.25. The molecule has 0 aliphatic carbocycles. The molecule has 0 saturated carbocycles. The summed E-state index contributed by atoms with van der Waals surface area (Å²) in [5, 5.41) is 0. The van der Waals surface area contributed by atoms with Crippen molar-refractivity contribution in [2.75, 3.05) is 0 Å². The van der Waals surface area contributed by atoms with Gasteiger partial charge in [0.1, 0.15) is 0 Å². The molecule has 1 nitrogen and oxygen atoms in total. The number of benzene rings is 2. The van der Waals surface area contributed by atoms with Gasteiger partial charge in [-0.05, 0) is 49.1 Å². The summed E-state index contributed by atoms with van der Waals surface area (Å²) in [6, 6.07) is 12.7. The first-order chi connectivity index (χ1) is 8.49. The van der Waals surface area contributed by atoms with Crippen LogP contribution < -0.4 is 5.73 Å². The summed E-state index contributed by atoms with van der Waals surface area (Å²) in [6.07, 6.45) is 0. The van der Waals surface area contributed by atoms with Crippen molar-refractivity contribution >= 4 is 15.9 Å². The SMILES string of the molecule is Cc1ccc(C(N)c2cc(C)c(Br)cc2C)cc1.